The van der Waals surface area contributed by atoms with E-state index in [1.807, 2.05) is 24.3 Å². The van der Waals surface area contributed by atoms with E-state index in [0.29, 0.717) is 16.4 Å². The van der Waals surface area contributed by atoms with Crippen LogP contribution in [0.2, 0.25) is 0 Å². The Morgan fingerprint density at radius 2 is 1.81 bits per heavy atom. The fraction of sp³-hybridized carbons (Fsp3) is 0.0909. The zero-order valence-electron chi connectivity index (χ0n) is 16.4. The molecule has 0 aliphatic carbocycles. The maximum absolute atomic E-state index is 12.7. The number of thiazole rings is 1. The molecule has 0 saturated heterocycles. The van der Waals surface area contributed by atoms with E-state index in [0.717, 1.165) is 10.2 Å². The lowest BCUT2D eigenvalue weighted by molar-refractivity contribution is 0.0472. The molecule has 1 N–H and O–H groups in total. The molecule has 0 amide bonds. The average molecular weight is 455 g/mol. The van der Waals surface area contributed by atoms with Crippen molar-refractivity contribution in [2.75, 3.05) is 11.8 Å². The predicted molar refractivity (Wildman–Crippen MR) is 119 cm³/mol. The minimum absolute atomic E-state index is 0.0132. The molecular weight excluding hydrogens is 436 g/mol. The van der Waals surface area contributed by atoms with Crippen molar-refractivity contribution in [3.8, 4) is 5.75 Å². The molecule has 4 rings (SSSR count). The summed E-state index contributed by atoms with van der Waals surface area (Å²) in [5.41, 5.74) is 1.36. The van der Waals surface area contributed by atoms with E-state index >= 15 is 0 Å². The molecule has 0 fully saturated rings. The lowest BCUT2D eigenvalue weighted by atomic mass is 10.2. The van der Waals surface area contributed by atoms with Gasteiger partial charge in [0.05, 0.1) is 27.8 Å². The van der Waals surface area contributed by atoms with Gasteiger partial charge in [0.2, 0.25) is 0 Å². The number of carbonyl (C=O) groups excluding carboxylic acids is 1. The van der Waals surface area contributed by atoms with Gasteiger partial charge < -0.3 is 9.47 Å². The standard InChI is InChI=1S/C22H18N2O5S2/c1-28-17-11-9-16(10-12-17)24-31(26,27)18-6-4-5-15(13-18)22(25)29-14-21-23-19-7-2-3-8-20(19)30-21/h2-13,24H,14H2,1H3. The Kier molecular flexibility index (Phi) is 5.88. The molecular formula is C22H18N2O5S2. The highest BCUT2D eigenvalue weighted by Gasteiger charge is 2.18. The van der Waals surface area contributed by atoms with Gasteiger partial charge in [-0.1, -0.05) is 18.2 Å². The Balaban J connectivity index is 1.46. The predicted octanol–water partition coefficient (Wildman–Crippen LogP) is 4.46. The summed E-state index contributed by atoms with van der Waals surface area (Å²) >= 11 is 1.44. The lowest BCUT2D eigenvalue weighted by Crippen LogP contribution is -2.14. The summed E-state index contributed by atoms with van der Waals surface area (Å²) in [6.07, 6.45) is 0. The number of anilines is 1. The first-order valence-corrected chi connectivity index (χ1v) is 11.5. The maximum atomic E-state index is 12.7. The van der Waals surface area contributed by atoms with E-state index in [9.17, 15) is 13.2 Å². The average Bonchev–Trinajstić information content (AvgIpc) is 3.21. The molecule has 0 spiro atoms. The SMILES string of the molecule is COc1ccc(NS(=O)(=O)c2cccc(C(=O)OCc3nc4ccccc4s3)c2)cc1. The summed E-state index contributed by atoms with van der Waals surface area (Å²) in [6, 6.07) is 19.8. The third kappa shape index (κ3) is 4.84. The molecule has 3 aromatic carbocycles. The monoisotopic (exact) mass is 454 g/mol. The van der Waals surface area contributed by atoms with Crippen molar-refractivity contribution >= 4 is 43.2 Å². The number of nitrogens with zero attached hydrogens (tertiary/aromatic N) is 1. The highest BCUT2D eigenvalue weighted by Crippen LogP contribution is 2.23. The molecule has 9 heteroatoms. The van der Waals surface area contributed by atoms with Crippen LogP contribution in [0.1, 0.15) is 15.4 Å². The zero-order valence-corrected chi connectivity index (χ0v) is 18.1. The Morgan fingerprint density at radius 3 is 2.55 bits per heavy atom. The van der Waals surface area contributed by atoms with Gasteiger partial charge in [-0.2, -0.15) is 0 Å². The second-order valence-corrected chi connectivity index (χ2v) is 9.31. The fourth-order valence-electron chi connectivity index (χ4n) is 2.86. The number of aromatic nitrogens is 1. The van der Waals surface area contributed by atoms with Crippen molar-refractivity contribution in [2.45, 2.75) is 11.5 Å². The Labute approximate surface area is 183 Å². The normalized spacial score (nSPS) is 11.3. The van der Waals surface area contributed by atoms with Gasteiger partial charge in [-0.15, -0.1) is 11.3 Å². The second-order valence-electron chi connectivity index (χ2n) is 6.51. The summed E-state index contributed by atoms with van der Waals surface area (Å²) in [5, 5.41) is 0.666. The van der Waals surface area contributed by atoms with Crippen LogP contribution in [-0.2, 0) is 21.4 Å². The molecule has 0 aliphatic rings. The third-order valence-electron chi connectivity index (χ3n) is 4.39. The quantitative estimate of drug-likeness (QED) is 0.414. The van der Waals surface area contributed by atoms with Gasteiger partial charge in [-0.3, -0.25) is 4.72 Å². The highest BCUT2D eigenvalue weighted by molar-refractivity contribution is 7.92. The second kappa shape index (κ2) is 8.75. The van der Waals surface area contributed by atoms with Gasteiger partial charge >= 0.3 is 5.97 Å². The summed E-state index contributed by atoms with van der Waals surface area (Å²) in [4.78, 5) is 16.8. The van der Waals surface area contributed by atoms with E-state index in [-0.39, 0.29) is 17.1 Å². The highest BCUT2D eigenvalue weighted by atomic mass is 32.2. The number of ether oxygens (including phenoxy) is 2. The molecule has 0 radical (unpaired) electrons. The Morgan fingerprint density at radius 1 is 1.03 bits per heavy atom. The zero-order chi connectivity index (χ0) is 21.8. The van der Waals surface area contributed by atoms with Gasteiger partial charge in [0.25, 0.3) is 10.0 Å². The van der Waals surface area contributed by atoms with Crippen molar-refractivity contribution in [3.63, 3.8) is 0 Å². The summed E-state index contributed by atoms with van der Waals surface area (Å²) in [6.45, 7) is 0.0132. The molecule has 0 bridgehead atoms. The van der Waals surface area contributed by atoms with Gasteiger partial charge in [0, 0.05) is 5.69 Å². The molecule has 0 unspecified atom stereocenters. The van der Waals surface area contributed by atoms with E-state index < -0.39 is 16.0 Å². The molecule has 4 aromatic rings. The summed E-state index contributed by atoms with van der Waals surface area (Å²) in [5.74, 6) is -0.0124. The molecule has 31 heavy (non-hydrogen) atoms. The van der Waals surface area contributed by atoms with E-state index in [2.05, 4.69) is 9.71 Å². The Bertz CT molecular complexity index is 1300. The van der Waals surface area contributed by atoms with Crippen LogP contribution >= 0.6 is 11.3 Å². The van der Waals surface area contributed by atoms with Crippen LogP contribution in [0.4, 0.5) is 5.69 Å². The van der Waals surface area contributed by atoms with Crippen LogP contribution in [0.5, 0.6) is 5.75 Å². The van der Waals surface area contributed by atoms with Crippen LogP contribution in [0.3, 0.4) is 0 Å². The van der Waals surface area contributed by atoms with Gasteiger partial charge in [-0.25, -0.2) is 18.2 Å². The number of sulfonamides is 1. The van der Waals surface area contributed by atoms with Crippen molar-refractivity contribution in [2.24, 2.45) is 0 Å². The molecule has 0 saturated carbocycles. The number of benzene rings is 3. The molecule has 158 valence electrons. The number of nitrogens with one attached hydrogen (secondary N) is 1. The number of esters is 1. The van der Waals surface area contributed by atoms with E-state index in [4.69, 9.17) is 9.47 Å². The van der Waals surface area contributed by atoms with E-state index in [1.54, 1.807) is 24.3 Å². The Hall–Kier alpha value is -3.43. The van der Waals surface area contributed by atoms with Gasteiger partial charge in [-0.05, 0) is 54.6 Å². The molecule has 0 atom stereocenters. The lowest BCUT2D eigenvalue weighted by Gasteiger charge is -2.10. The van der Waals surface area contributed by atoms with Gasteiger partial charge in [0.1, 0.15) is 17.4 Å². The number of carbonyl (C=O) groups is 1. The van der Waals surface area contributed by atoms with Crippen molar-refractivity contribution < 1.29 is 22.7 Å². The molecule has 7 nitrogen and oxygen atoms in total. The summed E-state index contributed by atoms with van der Waals surface area (Å²) < 4.78 is 39.3. The number of rotatable bonds is 7. The fourth-order valence-corrected chi connectivity index (χ4v) is 4.84. The topological polar surface area (TPSA) is 94.6 Å². The van der Waals surface area contributed by atoms with Crippen LogP contribution < -0.4 is 9.46 Å². The van der Waals surface area contributed by atoms with Crippen LogP contribution in [-0.4, -0.2) is 26.5 Å². The maximum Gasteiger partial charge on any atom is 0.338 e. The largest absolute Gasteiger partial charge is 0.497 e. The minimum atomic E-state index is -3.88. The first-order valence-electron chi connectivity index (χ1n) is 9.23. The molecule has 1 heterocycles. The van der Waals surface area contributed by atoms with E-state index in [1.165, 1.54) is 42.7 Å². The molecule has 0 aliphatic heterocycles. The number of hydrogen-bond acceptors (Lipinski definition) is 7. The number of para-hydroxylation sites is 1. The smallest absolute Gasteiger partial charge is 0.338 e. The molecule has 1 aromatic heterocycles. The van der Waals surface area contributed by atoms with Crippen LogP contribution in [0, 0.1) is 0 Å². The number of methoxy groups -OCH3 is 1. The number of hydrogen-bond donors (Lipinski definition) is 1. The third-order valence-corrected chi connectivity index (χ3v) is 6.78. The van der Waals surface area contributed by atoms with Crippen molar-refractivity contribution in [1.82, 2.24) is 4.98 Å². The van der Waals surface area contributed by atoms with Crippen molar-refractivity contribution in [3.05, 3.63) is 83.4 Å². The van der Waals surface area contributed by atoms with Crippen LogP contribution in [0.25, 0.3) is 10.2 Å². The van der Waals surface area contributed by atoms with Crippen LogP contribution in [0.15, 0.2) is 77.7 Å². The first-order chi connectivity index (χ1) is 14.9. The number of fused-ring (bicyclic) bond motifs is 1. The minimum Gasteiger partial charge on any atom is -0.497 e. The summed E-state index contributed by atoms with van der Waals surface area (Å²) in [7, 11) is -2.35. The van der Waals surface area contributed by atoms with Gasteiger partial charge in [0.15, 0.2) is 0 Å². The first kappa shape index (κ1) is 20.8. The van der Waals surface area contributed by atoms with Crippen molar-refractivity contribution in [1.29, 1.82) is 0 Å².